The molecule has 1 rings (SSSR count). The molecule has 0 aliphatic heterocycles. The van der Waals surface area contributed by atoms with Gasteiger partial charge in [-0.15, -0.1) is 0 Å². The second-order valence-corrected chi connectivity index (χ2v) is 7.22. The highest BCUT2D eigenvalue weighted by Crippen LogP contribution is 2.44. The van der Waals surface area contributed by atoms with Gasteiger partial charge < -0.3 is 20.3 Å². The number of hydrogen-bond donors (Lipinski definition) is 3. The van der Waals surface area contributed by atoms with Gasteiger partial charge >= 0.3 is 12.7 Å². The molecule has 4 N–H and O–H groups in total. The largest absolute Gasteiger partial charge is 0.480 e. The Morgan fingerprint density at radius 2 is 1.91 bits per heavy atom. The Kier molecular flexibility index (Phi) is 7.11. The summed E-state index contributed by atoms with van der Waals surface area (Å²) in [5.74, 6) is -1.93. The van der Waals surface area contributed by atoms with Gasteiger partial charge in [0.25, 0.3) is 0 Å². The normalized spacial score (nSPS) is 14.3. The molecule has 23 heavy (non-hydrogen) atoms. The molecule has 10 heteroatoms. The fourth-order valence-electron chi connectivity index (χ4n) is 1.46. The molecule has 0 fully saturated rings. The van der Waals surface area contributed by atoms with E-state index >= 15 is 0 Å². The molecule has 1 unspecified atom stereocenters. The van der Waals surface area contributed by atoms with Gasteiger partial charge in [0.05, 0.1) is 18.7 Å². The van der Waals surface area contributed by atoms with Crippen LogP contribution in [0.4, 0.5) is 0 Å². The second-order valence-electron chi connectivity index (χ2n) is 4.46. The van der Waals surface area contributed by atoms with Crippen LogP contribution in [0.5, 0.6) is 5.75 Å². The first-order valence-electron chi connectivity index (χ1n) is 6.31. The topological polar surface area (TPSA) is 150 Å². The smallest absolute Gasteiger partial charge is 0.377 e. The summed E-state index contributed by atoms with van der Waals surface area (Å²) in [5, 5.41) is 26.0. The monoisotopic (exact) mass is 355 g/mol. The number of aliphatic carboxylic acids is 1. The van der Waals surface area contributed by atoms with Gasteiger partial charge in [-0.3, -0.25) is 9.32 Å². The van der Waals surface area contributed by atoms with E-state index in [1.54, 1.807) is 24.3 Å². The molecule has 1 aromatic carbocycles. The Hall–Kier alpha value is -2.00. The number of hydrogen-bond acceptors (Lipinski definition) is 7. The Morgan fingerprint density at radius 1 is 1.35 bits per heavy atom. The van der Waals surface area contributed by atoms with Crippen molar-refractivity contribution >= 4 is 24.5 Å². The van der Waals surface area contributed by atoms with Crippen molar-refractivity contribution in [1.29, 1.82) is 10.5 Å². The molecule has 8 nitrogen and oxygen atoms in total. The predicted molar refractivity (Wildman–Crippen MR) is 83.6 cm³/mol. The zero-order valence-electron chi connectivity index (χ0n) is 11.8. The molecular formula is C13H14N3O5PS. The number of rotatable bonds is 8. The molecule has 0 radical (unpaired) electrons. The maximum atomic E-state index is 10.7. The minimum atomic E-state index is -3.64. The van der Waals surface area contributed by atoms with Gasteiger partial charge in [-0.05, 0) is 24.1 Å². The molecule has 0 aliphatic rings. The molecule has 2 atom stereocenters. The number of carbonyl (C=O) groups is 1. The Labute approximate surface area is 137 Å². The van der Waals surface area contributed by atoms with Gasteiger partial charge in [-0.25, -0.2) is 0 Å². The first kappa shape index (κ1) is 19.0. The first-order valence-corrected chi connectivity index (χ1v) is 8.90. The summed E-state index contributed by atoms with van der Waals surface area (Å²) in [6.45, 7) is -4.00. The number of nitrogens with two attached hydrogens (primary N) is 1. The zero-order valence-corrected chi connectivity index (χ0v) is 13.5. The fourth-order valence-corrected chi connectivity index (χ4v) is 2.68. The fraction of sp³-hybridized carbons (Fsp3) is 0.308. The van der Waals surface area contributed by atoms with Crippen molar-refractivity contribution in [3.05, 3.63) is 29.8 Å². The Morgan fingerprint density at radius 3 is 2.39 bits per heavy atom. The Bertz CT molecular complexity index is 668. The van der Waals surface area contributed by atoms with Crippen molar-refractivity contribution in [2.75, 3.05) is 6.61 Å². The standard InChI is InChI=1S/C13H14N3O5PS/c14-6-10(7-15)8-20-22(19,23)21-11-3-1-9(2-4-11)5-12(16)13(17)18/h1-4,10,12H,5,8,16H2,(H,17,18)(H,19,23)/t12-,22?/m0/s1. The van der Waals surface area contributed by atoms with Gasteiger partial charge in [0.15, 0.2) is 5.92 Å². The van der Waals surface area contributed by atoms with Gasteiger partial charge in [-0.1, -0.05) is 12.1 Å². The SMILES string of the molecule is N#CC(C#N)COP(O)(=S)Oc1ccc(C[C@H](N)C(=O)O)cc1. The van der Waals surface area contributed by atoms with Crippen molar-refractivity contribution in [2.24, 2.45) is 11.7 Å². The van der Waals surface area contributed by atoms with Crippen LogP contribution in [0.1, 0.15) is 5.56 Å². The average molecular weight is 355 g/mol. The van der Waals surface area contributed by atoms with E-state index in [0.717, 1.165) is 0 Å². The minimum Gasteiger partial charge on any atom is -0.480 e. The number of carboxylic acid groups (broad SMARTS) is 1. The molecule has 0 amide bonds. The molecule has 0 aromatic heterocycles. The lowest BCUT2D eigenvalue weighted by atomic mass is 10.1. The van der Waals surface area contributed by atoms with E-state index in [-0.39, 0.29) is 18.8 Å². The molecule has 1 aromatic rings. The minimum absolute atomic E-state index is 0.144. The number of benzene rings is 1. The summed E-state index contributed by atoms with van der Waals surface area (Å²) in [5.41, 5.74) is 6.10. The van der Waals surface area contributed by atoms with Gasteiger partial charge in [0.1, 0.15) is 11.8 Å². The van der Waals surface area contributed by atoms with Crippen molar-refractivity contribution in [3.8, 4) is 17.9 Å². The van der Waals surface area contributed by atoms with Gasteiger partial charge in [-0.2, -0.15) is 10.5 Å². The summed E-state index contributed by atoms with van der Waals surface area (Å²) < 4.78 is 10.1. The van der Waals surface area contributed by atoms with Crippen LogP contribution in [-0.2, 0) is 27.5 Å². The number of nitrogens with zero attached hydrogens (tertiary/aromatic N) is 2. The highest BCUT2D eigenvalue weighted by atomic mass is 32.5. The highest BCUT2D eigenvalue weighted by Gasteiger charge is 2.20. The van der Waals surface area contributed by atoms with E-state index in [1.165, 1.54) is 12.1 Å². The van der Waals surface area contributed by atoms with E-state index in [4.69, 9.17) is 42.2 Å². The lowest BCUT2D eigenvalue weighted by molar-refractivity contribution is -0.138. The maximum Gasteiger partial charge on any atom is 0.377 e. The van der Waals surface area contributed by atoms with Crippen LogP contribution in [0, 0.1) is 28.6 Å². The molecule has 122 valence electrons. The average Bonchev–Trinajstić information content (AvgIpc) is 2.49. The van der Waals surface area contributed by atoms with Crippen molar-refractivity contribution < 1.29 is 23.8 Å². The lowest BCUT2D eigenvalue weighted by Crippen LogP contribution is -2.32. The first-order chi connectivity index (χ1) is 10.8. The van der Waals surface area contributed by atoms with E-state index < -0.39 is 24.6 Å². The van der Waals surface area contributed by atoms with Crippen LogP contribution >= 0.6 is 6.72 Å². The quantitative estimate of drug-likeness (QED) is 0.578. The number of carboxylic acids is 1. The molecule has 0 spiro atoms. The van der Waals surface area contributed by atoms with Crippen molar-refractivity contribution in [3.63, 3.8) is 0 Å². The third-order valence-electron chi connectivity index (χ3n) is 2.63. The molecule has 0 saturated heterocycles. The van der Waals surface area contributed by atoms with E-state index in [2.05, 4.69) is 0 Å². The summed E-state index contributed by atoms with van der Waals surface area (Å²) in [7, 11) is 0. The summed E-state index contributed by atoms with van der Waals surface area (Å²) in [4.78, 5) is 20.5. The second kappa shape index (κ2) is 8.59. The molecular weight excluding hydrogens is 341 g/mol. The van der Waals surface area contributed by atoms with E-state index in [9.17, 15) is 9.69 Å². The van der Waals surface area contributed by atoms with Crippen LogP contribution in [0.25, 0.3) is 0 Å². The molecule has 0 heterocycles. The molecule has 0 aliphatic carbocycles. The highest BCUT2D eigenvalue weighted by molar-refractivity contribution is 8.07. The third-order valence-corrected chi connectivity index (χ3v) is 4.09. The van der Waals surface area contributed by atoms with Crippen molar-refractivity contribution in [1.82, 2.24) is 0 Å². The summed E-state index contributed by atoms with van der Waals surface area (Å²) in [6.07, 6.45) is 0.144. The molecule has 0 bridgehead atoms. The van der Waals surface area contributed by atoms with Crippen LogP contribution in [0.3, 0.4) is 0 Å². The summed E-state index contributed by atoms with van der Waals surface area (Å²) >= 11 is 4.78. The van der Waals surface area contributed by atoms with E-state index in [1.807, 2.05) is 0 Å². The van der Waals surface area contributed by atoms with Crippen LogP contribution in [0.2, 0.25) is 0 Å². The van der Waals surface area contributed by atoms with Crippen LogP contribution in [0.15, 0.2) is 24.3 Å². The van der Waals surface area contributed by atoms with E-state index in [0.29, 0.717) is 5.56 Å². The Balaban J connectivity index is 2.63. The van der Waals surface area contributed by atoms with Crippen LogP contribution in [-0.4, -0.2) is 28.6 Å². The number of nitriles is 2. The molecule has 0 saturated carbocycles. The lowest BCUT2D eigenvalue weighted by Gasteiger charge is -2.17. The zero-order chi connectivity index (χ0) is 17.5. The third kappa shape index (κ3) is 6.74. The summed E-state index contributed by atoms with van der Waals surface area (Å²) in [6, 6.07) is 8.49. The maximum absolute atomic E-state index is 10.7. The van der Waals surface area contributed by atoms with Crippen LogP contribution < -0.4 is 10.3 Å². The van der Waals surface area contributed by atoms with Gasteiger partial charge in [0, 0.05) is 11.8 Å². The van der Waals surface area contributed by atoms with Gasteiger partial charge in [0.2, 0.25) is 0 Å². The van der Waals surface area contributed by atoms with Crippen molar-refractivity contribution in [2.45, 2.75) is 12.5 Å². The predicted octanol–water partition coefficient (Wildman–Crippen LogP) is 0.917.